The molecular weight excluding hydrogens is 291 g/mol. The summed E-state index contributed by atoms with van der Waals surface area (Å²) in [6.07, 6.45) is -2.50. The van der Waals surface area contributed by atoms with Gasteiger partial charge >= 0.3 is 6.18 Å². The Morgan fingerprint density at radius 2 is 1.68 bits per heavy atom. The van der Waals surface area contributed by atoms with Crippen molar-refractivity contribution >= 4 is 0 Å². The number of hydrogen-bond acceptors (Lipinski definition) is 2. The summed E-state index contributed by atoms with van der Waals surface area (Å²) in [5.74, 6) is 0.633. The summed E-state index contributed by atoms with van der Waals surface area (Å²) in [6, 6.07) is 12.7. The number of rotatable bonds is 6. The van der Waals surface area contributed by atoms with Gasteiger partial charge in [0.2, 0.25) is 0 Å². The van der Waals surface area contributed by atoms with Crippen molar-refractivity contribution in [2.24, 2.45) is 5.73 Å². The van der Waals surface area contributed by atoms with Gasteiger partial charge in [0.25, 0.3) is 0 Å². The third-order valence-electron chi connectivity index (χ3n) is 3.25. The van der Waals surface area contributed by atoms with Gasteiger partial charge in [-0.05, 0) is 54.8 Å². The van der Waals surface area contributed by atoms with Crippen LogP contribution in [-0.2, 0) is 19.2 Å². The number of alkyl halides is 3. The third kappa shape index (κ3) is 4.77. The van der Waals surface area contributed by atoms with Crippen molar-refractivity contribution < 1.29 is 17.9 Å². The molecule has 0 atom stereocenters. The lowest BCUT2D eigenvalue weighted by atomic mass is 10.1. The molecular formula is C17H18F3NO. The zero-order valence-electron chi connectivity index (χ0n) is 12.1. The van der Waals surface area contributed by atoms with Gasteiger partial charge in [-0.25, -0.2) is 0 Å². The van der Waals surface area contributed by atoms with Gasteiger partial charge in [0, 0.05) is 0 Å². The highest BCUT2D eigenvalue weighted by Gasteiger charge is 2.30. The molecule has 2 rings (SSSR count). The minimum absolute atomic E-state index is 0.103. The summed E-state index contributed by atoms with van der Waals surface area (Å²) < 4.78 is 43.4. The number of ether oxygens (including phenoxy) is 1. The normalized spacial score (nSPS) is 11.5. The second-order valence-corrected chi connectivity index (χ2v) is 5.02. The molecule has 0 heterocycles. The van der Waals surface area contributed by atoms with E-state index >= 15 is 0 Å². The molecule has 0 amide bonds. The molecule has 0 saturated heterocycles. The van der Waals surface area contributed by atoms with Crippen LogP contribution in [0.5, 0.6) is 5.75 Å². The monoisotopic (exact) mass is 309 g/mol. The Morgan fingerprint density at radius 1 is 0.955 bits per heavy atom. The van der Waals surface area contributed by atoms with Crippen molar-refractivity contribution in [3.8, 4) is 5.75 Å². The summed E-state index contributed by atoms with van der Waals surface area (Å²) in [4.78, 5) is 0. The van der Waals surface area contributed by atoms with Crippen molar-refractivity contribution in [3.63, 3.8) is 0 Å². The van der Waals surface area contributed by atoms with E-state index in [2.05, 4.69) is 0 Å². The lowest BCUT2D eigenvalue weighted by molar-refractivity contribution is -0.137. The Labute approximate surface area is 127 Å². The van der Waals surface area contributed by atoms with Crippen LogP contribution in [0.25, 0.3) is 0 Å². The first-order valence-corrected chi connectivity index (χ1v) is 7.07. The van der Waals surface area contributed by atoms with Gasteiger partial charge in [0.15, 0.2) is 0 Å². The number of benzene rings is 2. The standard InChI is InChI=1S/C17H18F3NO/c18-17(19,20)15-5-1-3-14(11-15)12-22-16-8-6-13(7-9-16)4-2-10-21/h1,3,5-9,11H,2,4,10,12,21H2. The Kier molecular flexibility index (Phi) is 5.44. The highest BCUT2D eigenvalue weighted by atomic mass is 19.4. The van der Waals surface area contributed by atoms with Crippen molar-refractivity contribution in [1.29, 1.82) is 0 Å². The molecule has 0 unspecified atom stereocenters. The summed E-state index contributed by atoms with van der Waals surface area (Å²) in [7, 11) is 0. The van der Waals surface area contributed by atoms with Crippen molar-refractivity contribution in [2.45, 2.75) is 25.6 Å². The van der Waals surface area contributed by atoms with Gasteiger partial charge in [0.05, 0.1) is 5.56 Å². The molecule has 0 bridgehead atoms. The molecule has 2 N–H and O–H groups in total. The predicted molar refractivity (Wildman–Crippen MR) is 79.6 cm³/mol. The van der Waals surface area contributed by atoms with Gasteiger partial charge in [-0.1, -0.05) is 24.3 Å². The van der Waals surface area contributed by atoms with Gasteiger partial charge in [0.1, 0.15) is 12.4 Å². The van der Waals surface area contributed by atoms with Crippen LogP contribution in [0.15, 0.2) is 48.5 Å². The largest absolute Gasteiger partial charge is 0.489 e. The molecule has 0 aliphatic carbocycles. The van der Waals surface area contributed by atoms with Crippen molar-refractivity contribution in [1.82, 2.24) is 0 Å². The van der Waals surface area contributed by atoms with E-state index in [1.54, 1.807) is 6.07 Å². The highest BCUT2D eigenvalue weighted by molar-refractivity contribution is 5.29. The topological polar surface area (TPSA) is 35.2 Å². The minimum atomic E-state index is -4.33. The maximum absolute atomic E-state index is 12.6. The van der Waals surface area contributed by atoms with Crippen LogP contribution in [0.4, 0.5) is 13.2 Å². The van der Waals surface area contributed by atoms with Crippen LogP contribution in [0.2, 0.25) is 0 Å². The van der Waals surface area contributed by atoms with E-state index in [4.69, 9.17) is 10.5 Å². The predicted octanol–water partition coefficient (Wildman–Crippen LogP) is 4.18. The second kappa shape index (κ2) is 7.31. The SMILES string of the molecule is NCCCc1ccc(OCc2cccc(C(F)(F)F)c2)cc1. The lowest BCUT2D eigenvalue weighted by Crippen LogP contribution is -2.06. The number of nitrogens with two attached hydrogens (primary N) is 1. The van der Waals surface area contributed by atoms with E-state index in [9.17, 15) is 13.2 Å². The number of halogens is 3. The number of aryl methyl sites for hydroxylation is 1. The van der Waals surface area contributed by atoms with Crippen LogP contribution in [0.1, 0.15) is 23.1 Å². The van der Waals surface area contributed by atoms with Crippen LogP contribution in [0.3, 0.4) is 0 Å². The Morgan fingerprint density at radius 3 is 2.32 bits per heavy atom. The van der Waals surface area contributed by atoms with Gasteiger partial charge in [-0.3, -0.25) is 0 Å². The van der Waals surface area contributed by atoms with Crippen LogP contribution >= 0.6 is 0 Å². The molecule has 2 aromatic carbocycles. The van der Waals surface area contributed by atoms with E-state index in [1.165, 1.54) is 6.07 Å². The number of hydrogen-bond donors (Lipinski definition) is 1. The van der Waals surface area contributed by atoms with Crippen molar-refractivity contribution in [2.75, 3.05) is 6.54 Å². The average molecular weight is 309 g/mol. The second-order valence-electron chi connectivity index (χ2n) is 5.02. The molecule has 0 spiro atoms. The fourth-order valence-corrected chi connectivity index (χ4v) is 2.06. The first-order valence-electron chi connectivity index (χ1n) is 7.07. The van der Waals surface area contributed by atoms with Crippen LogP contribution < -0.4 is 10.5 Å². The highest BCUT2D eigenvalue weighted by Crippen LogP contribution is 2.29. The van der Waals surface area contributed by atoms with Gasteiger partial charge in [-0.15, -0.1) is 0 Å². The fourth-order valence-electron chi connectivity index (χ4n) is 2.06. The lowest BCUT2D eigenvalue weighted by Gasteiger charge is -2.10. The summed E-state index contributed by atoms with van der Waals surface area (Å²) >= 11 is 0. The van der Waals surface area contributed by atoms with Gasteiger partial charge in [-0.2, -0.15) is 13.2 Å². The summed E-state index contributed by atoms with van der Waals surface area (Å²) in [6.45, 7) is 0.750. The van der Waals surface area contributed by atoms with E-state index in [0.29, 0.717) is 17.9 Å². The van der Waals surface area contributed by atoms with E-state index < -0.39 is 11.7 Å². The quantitative estimate of drug-likeness (QED) is 0.869. The third-order valence-corrected chi connectivity index (χ3v) is 3.25. The first kappa shape index (κ1) is 16.4. The molecule has 5 heteroatoms. The molecule has 0 aromatic heterocycles. The zero-order chi connectivity index (χ0) is 16.0. The molecule has 118 valence electrons. The van der Waals surface area contributed by atoms with Gasteiger partial charge < -0.3 is 10.5 Å². The maximum Gasteiger partial charge on any atom is 0.416 e. The Balaban J connectivity index is 1.95. The van der Waals surface area contributed by atoms with E-state index in [1.807, 2.05) is 24.3 Å². The van der Waals surface area contributed by atoms with Crippen molar-refractivity contribution in [3.05, 3.63) is 65.2 Å². The molecule has 2 aromatic rings. The average Bonchev–Trinajstić information content (AvgIpc) is 2.51. The summed E-state index contributed by atoms with van der Waals surface area (Å²) in [5.41, 5.74) is 6.45. The minimum Gasteiger partial charge on any atom is -0.489 e. The Bertz CT molecular complexity index is 594. The molecule has 0 fully saturated rings. The molecule has 0 radical (unpaired) electrons. The molecule has 2 nitrogen and oxygen atoms in total. The zero-order valence-corrected chi connectivity index (χ0v) is 12.1. The van der Waals surface area contributed by atoms with Crippen LogP contribution in [0, 0.1) is 0 Å². The molecule has 0 saturated carbocycles. The van der Waals surface area contributed by atoms with E-state index in [-0.39, 0.29) is 6.61 Å². The summed E-state index contributed by atoms with van der Waals surface area (Å²) in [5, 5.41) is 0. The Hall–Kier alpha value is -2.01. The maximum atomic E-state index is 12.6. The molecule has 22 heavy (non-hydrogen) atoms. The van der Waals surface area contributed by atoms with E-state index in [0.717, 1.165) is 30.5 Å². The first-order chi connectivity index (χ1) is 10.5. The van der Waals surface area contributed by atoms with Crippen LogP contribution in [-0.4, -0.2) is 6.54 Å². The fraction of sp³-hybridized carbons (Fsp3) is 0.294. The molecule has 0 aliphatic rings. The molecule has 0 aliphatic heterocycles. The smallest absolute Gasteiger partial charge is 0.416 e.